The summed E-state index contributed by atoms with van der Waals surface area (Å²) in [6.45, 7) is 13.7. The normalized spacial score (nSPS) is 13.8. The number of nitrogens with two attached hydrogens (primary N) is 2. The van der Waals surface area contributed by atoms with Gasteiger partial charge in [0.15, 0.2) is 0 Å². The van der Waals surface area contributed by atoms with E-state index in [9.17, 15) is 9.59 Å². The molecule has 8 nitrogen and oxygen atoms in total. The Morgan fingerprint density at radius 3 is 2.11 bits per heavy atom. The summed E-state index contributed by atoms with van der Waals surface area (Å²) in [6.07, 6.45) is 2.33. The first-order valence-electron chi connectivity index (χ1n) is 9.60. The molecule has 160 valence electrons. The molecule has 0 aliphatic carbocycles. The van der Waals surface area contributed by atoms with Crippen molar-refractivity contribution in [2.24, 2.45) is 11.5 Å². The highest BCUT2D eigenvalue weighted by Gasteiger charge is 2.28. The van der Waals surface area contributed by atoms with Crippen LogP contribution in [-0.4, -0.2) is 48.1 Å². The molecule has 0 saturated carbocycles. The van der Waals surface area contributed by atoms with Crippen molar-refractivity contribution in [2.75, 3.05) is 13.2 Å². The predicted molar refractivity (Wildman–Crippen MR) is 107 cm³/mol. The fourth-order valence-corrected chi connectivity index (χ4v) is 2.28. The van der Waals surface area contributed by atoms with Crippen LogP contribution in [0, 0.1) is 0 Å². The summed E-state index contributed by atoms with van der Waals surface area (Å²) in [4.78, 5) is 24.1. The van der Waals surface area contributed by atoms with Crippen molar-refractivity contribution in [3.8, 4) is 0 Å². The Labute approximate surface area is 164 Å². The number of rotatable bonds is 11. The number of hydrogen-bond acceptors (Lipinski definition) is 6. The van der Waals surface area contributed by atoms with E-state index in [4.69, 9.17) is 20.9 Å². The summed E-state index contributed by atoms with van der Waals surface area (Å²) in [5.41, 5.74) is 9.43. The maximum Gasteiger partial charge on any atom is 0.409 e. The molecule has 0 saturated heterocycles. The lowest BCUT2D eigenvalue weighted by molar-refractivity contribution is -0.124. The molecule has 0 unspecified atom stereocenters. The topological polar surface area (TPSA) is 129 Å². The SMILES string of the molecule is CC(C)(CCOC(C)(C)NC(=O)OC(C)(C)C)NC(=O)[C@H](N)CCCCN. The number of nitrogens with one attached hydrogen (secondary N) is 2. The zero-order chi connectivity index (χ0) is 21.3. The summed E-state index contributed by atoms with van der Waals surface area (Å²) in [5.74, 6) is -0.178. The summed E-state index contributed by atoms with van der Waals surface area (Å²) in [6, 6.07) is -0.540. The average Bonchev–Trinajstić information content (AvgIpc) is 2.43. The minimum atomic E-state index is -0.888. The molecule has 0 rings (SSSR count). The number of unbranched alkanes of at least 4 members (excludes halogenated alkanes) is 1. The van der Waals surface area contributed by atoms with Crippen molar-refractivity contribution < 1.29 is 19.1 Å². The van der Waals surface area contributed by atoms with Gasteiger partial charge in [-0.15, -0.1) is 0 Å². The second-order valence-corrected chi connectivity index (χ2v) is 9.00. The number of amides is 2. The second kappa shape index (κ2) is 10.8. The second-order valence-electron chi connectivity index (χ2n) is 9.00. The maximum atomic E-state index is 12.2. The van der Waals surface area contributed by atoms with Crippen molar-refractivity contribution in [2.45, 2.75) is 97.1 Å². The molecule has 2 amide bonds. The molecular formula is C19H40N4O4. The van der Waals surface area contributed by atoms with Crippen molar-refractivity contribution in [3.05, 3.63) is 0 Å². The summed E-state index contributed by atoms with van der Waals surface area (Å²) < 4.78 is 11.0. The van der Waals surface area contributed by atoms with Crippen LogP contribution in [0.15, 0.2) is 0 Å². The van der Waals surface area contributed by atoms with Gasteiger partial charge in [0.1, 0.15) is 11.3 Å². The van der Waals surface area contributed by atoms with Crippen molar-refractivity contribution in [1.82, 2.24) is 10.6 Å². The number of hydrogen-bond donors (Lipinski definition) is 4. The quantitative estimate of drug-likeness (QED) is 0.316. The lowest BCUT2D eigenvalue weighted by atomic mass is 9.99. The molecule has 0 aliphatic rings. The van der Waals surface area contributed by atoms with Crippen LogP contribution in [0.2, 0.25) is 0 Å². The minimum absolute atomic E-state index is 0.178. The van der Waals surface area contributed by atoms with Gasteiger partial charge in [-0.05, 0) is 74.3 Å². The zero-order valence-electron chi connectivity index (χ0n) is 18.1. The highest BCUT2D eigenvalue weighted by atomic mass is 16.6. The van der Waals surface area contributed by atoms with Gasteiger partial charge < -0.3 is 26.3 Å². The largest absolute Gasteiger partial charge is 0.444 e. The van der Waals surface area contributed by atoms with E-state index < -0.39 is 29.0 Å². The van der Waals surface area contributed by atoms with E-state index in [0.29, 0.717) is 26.0 Å². The fraction of sp³-hybridized carbons (Fsp3) is 0.895. The fourth-order valence-electron chi connectivity index (χ4n) is 2.28. The Hall–Kier alpha value is -1.38. The molecule has 0 aromatic rings. The van der Waals surface area contributed by atoms with Crippen LogP contribution in [0.5, 0.6) is 0 Å². The highest BCUT2D eigenvalue weighted by Crippen LogP contribution is 2.14. The van der Waals surface area contributed by atoms with E-state index in [-0.39, 0.29) is 5.91 Å². The van der Waals surface area contributed by atoms with Crippen LogP contribution in [0.1, 0.15) is 74.1 Å². The Balaban J connectivity index is 4.35. The minimum Gasteiger partial charge on any atom is -0.444 e. The lowest BCUT2D eigenvalue weighted by Crippen LogP contribution is -2.52. The Morgan fingerprint density at radius 1 is 1.00 bits per heavy atom. The molecule has 27 heavy (non-hydrogen) atoms. The number of carbonyl (C=O) groups excluding carboxylic acids is 2. The molecule has 0 aromatic heterocycles. The van der Waals surface area contributed by atoms with Crippen LogP contribution < -0.4 is 22.1 Å². The summed E-state index contributed by atoms with van der Waals surface area (Å²) >= 11 is 0. The van der Waals surface area contributed by atoms with Crippen molar-refractivity contribution >= 4 is 12.0 Å². The Bertz CT molecular complexity index is 473. The first-order chi connectivity index (χ1) is 12.2. The molecule has 0 fully saturated rings. The van der Waals surface area contributed by atoms with Crippen LogP contribution in [0.3, 0.4) is 0 Å². The Morgan fingerprint density at radius 2 is 1.59 bits per heavy atom. The highest BCUT2D eigenvalue weighted by molar-refractivity contribution is 5.82. The molecule has 0 radical (unpaired) electrons. The number of ether oxygens (including phenoxy) is 2. The number of alkyl carbamates (subject to hydrolysis) is 1. The van der Waals surface area contributed by atoms with Crippen molar-refractivity contribution in [1.29, 1.82) is 0 Å². The van der Waals surface area contributed by atoms with Gasteiger partial charge in [0.25, 0.3) is 0 Å². The zero-order valence-corrected chi connectivity index (χ0v) is 18.1. The van der Waals surface area contributed by atoms with Crippen molar-refractivity contribution in [3.63, 3.8) is 0 Å². The van der Waals surface area contributed by atoms with Crippen LogP contribution in [-0.2, 0) is 14.3 Å². The smallest absolute Gasteiger partial charge is 0.409 e. The summed E-state index contributed by atoms with van der Waals surface area (Å²) in [7, 11) is 0. The molecule has 8 heteroatoms. The van der Waals surface area contributed by atoms with E-state index in [1.54, 1.807) is 34.6 Å². The molecule has 0 heterocycles. The molecule has 6 N–H and O–H groups in total. The molecule has 0 bridgehead atoms. The third-order valence-electron chi connectivity index (χ3n) is 3.76. The van der Waals surface area contributed by atoms with Gasteiger partial charge in [0, 0.05) is 5.54 Å². The van der Waals surface area contributed by atoms with Gasteiger partial charge in [0.05, 0.1) is 12.6 Å². The van der Waals surface area contributed by atoms with Gasteiger partial charge in [0.2, 0.25) is 5.91 Å². The maximum absolute atomic E-state index is 12.2. The summed E-state index contributed by atoms with van der Waals surface area (Å²) in [5, 5.41) is 5.64. The molecule has 0 aromatic carbocycles. The van der Waals surface area contributed by atoms with E-state index in [0.717, 1.165) is 12.8 Å². The third-order valence-corrected chi connectivity index (χ3v) is 3.76. The lowest BCUT2D eigenvalue weighted by Gasteiger charge is -2.32. The number of carbonyl (C=O) groups is 2. The molecule has 0 aliphatic heterocycles. The van der Waals surface area contributed by atoms with Gasteiger partial charge in [-0.2, -0.15) is 0 Å². The third kappa shape index (κ3) is 13.4. The van der Waals surface area contributed by atoms with E-state index in [1.807, 2.05) is 13.8 Å². The predicted octanol–water partition coefficient (Wildman–Crippen LogP) is 2.01. The van der Waals surface area contributed by atoms with Gasteiger partial charge in [-0.3, -0.25) is 10.1 Å². The first-order valence-corrected chi connectivity index (χ1v) is 9.60. The van der Waals surface area contributed by atoms with Crippen LogP contribution in [0.4, 0.5) is 4.79 Å². The van der Waals surface area contributed by atoms with Gasteiger partial charge >= 0.3 is 6.09 Å². The van der Waals surface area contributed by atoms with Gasteiger partial charge in [-0.25, -0.2) is 4.79 Å². The van der Waals surface area contributed by atoms with E-state index in [2.05, 4.69) is 10.6 Å². The molecular weight excluding hydrogens is 348 g/mol. The van der Waals surface area contributed by atoms with E-state index in [1.165, 1.54) is 0 Å². The average molecular weight is 389 g/mol. The van der Waals surface area contributed by atoms with Crippen LogP contribution >= 0.6 is 0 Å². The first kappa shape index (κ1) is 25.6. The van der Waals surface area contributed by atoms with Crippen LogP contribution in [0.25, 0.3) is 0 Å². The monoisotopic (exact) mass is 388 g/mol. The Kier molecular flexibility index (Phi) is 10.3. The standard InChI is InChI=1S/C19H40N4O4/c1-17(2,3)27-16(25)23-19(6,7)26-13-11-18(4,5)22-15(24)14(21)10-8-9-12-20/h14H,8-13,20-21H2,1-7H3,(H,22,24)(H,23,25)/t14-/m1/s1. The van der Waals surface area contributed by atoms with Gasteiger partial charge in [-0.1, -0.05) is 6.42 Å². The van der Waals surface area contributed by atoms with E-state index >= 15 is 0 Å². The molecule has 0 spiro atoms. The molecule has 1 atom stereocenters.